The lowest BCUT2D eigenvalue weighted by Gasteiger charge is -2.16. The summed E-state index contributed by atoms with van der Waals surface area (Å²) < 4.78 is 6.10. The van der Waals surface area contributed by atoms with E-state index in [1.807, 2.05) is 25.1 Å². The number of hydrogen-bond donors (Lipinski definition) is 2. The molecule has 6 heteroatoms. The third-order valence-corrected chi connectivity index (χ3v) is 3.18. The SMILES string of the molecule is COCC(C)NC(=S)Nc1ccc(I)cc1Cl. The van der Waals surface area contributed by atoms with Crippen LogP contribution in [0.3, 0.4) is 0 Å². The molecule has 0 aliphatic carbocycles. The Balaban J connectivity index is 2.56. The van der Waals surface area contributed by atoms with Gasteiger partial charge in [0.2, 0.25) is 0 Å². The third-order valence-electron chi connectivity index (χ3n) is 1.97. The number of hydrogen-bond acceptors (Lipinski definition) is 2. The quantitative estimate of drug-likeness (QED) is 0.617. The molecule has 0 saturated carbocycles. The highest BCUT2D eigenvalue weighted by atomic mass is 127. The highest BCUT2D eigenvalue weighted by molar-refractivity contribution is 14.1. The molecule has 0 spiro atoms. The van der Waals surface area contributed by atoms with Crippen LogP contribution in [0, 0.1) is 3.57 Å². The molecular weight excluding hydrogens is 371 g/mol. The van der Waals surface area contributed by atoms with Gasteiger partial charge in [-0.15, -0.1) is 0 Å². The van der Waals surface area contributed by atoms with Crippen molar-refractivity contribution in [3.05, 3.63) is 26.8 Å². The lowest BCUT2D eigenvalue weighted by molar-refractivity contribution is 0.179. The van der Waals surface area contributed by atoms with Crippen LogP contribution in [0.2, 0.25) is 5.02 Å². The maximum absolute atomic E-state index is 6.09. The topological polar surface area (TPSA) is 33.3 Å². The Morgan fingerprint density at radius 1 is 1.59 bits per heavy atom. The molecule has 1 unspecified atom stereocenters. The van der Waals surface area contributed by atoms with Crippen molar-refractivity contribution in [2.75, 3.05) is 19.0 Å². The van der Waals surface area contributed by atoms with E-state index in [4.69, 9.17) is 28.6 Å². The number of ether oxygens (including phenoxy) is 1. The Bertz CT molecular complexity index is 403. The van der Waals surface area contributed by atoms with Crippen LogP contribution in [0.4, 0.5) is 5.69 Å². The zero-order valence-electron chi connectivity index (χ0n) is 9.59. The second-order valence-corrected chi connectivity index (χ2v) is 5.64. The zero-order chi connectivity index (χ0) is 12.8. The van der Waals surface area contributed by atoms with Gasteiger partial charge in [0.25, 0.3) is 0 Å². The van der Waals surface area contributed by atoms with E-state index in [2.05, 4.69) is 33.2 Å². The van der Waals surface area contributed by atoms with Gasteiger partial charge in [0.05, 0.1) is 17.3 Å². The summed E-state index contributed by atoms with van der Waals surface area (Å²) in [6.07, 6.45) is 0. The minimum atomic E-state index is 0.155. The largest absolute Gasteiger partial charge is 0.383 e. The van der Waals surface area contributed by atoms with Gasteiger partial charge < -0.3 is 15.4 Å². The molecule has 0 heterocycles. The average molecular weight is 385 g/mol. The first-order valence-electron chi connectivity index (χ1n) is 5.04. The van der Waals surface area contributed by atoms with E-state index in [0.29, 0.717) is 16.7 Å². The van der Waals surface area contributed by atoms with Crippen molar-refractivity contribution in [3.63, 3.8) is 0 Å². The summed E-state index contributed by atoms with van der Waals surface area (Å²) in [7, 11) is 1.66. The van der Waals surface area contributed by atoms with Gasteiger partial charge in [-0.1, -0.05) is 11.6 Å². The van der Waals surface area contributed by atoms with Gasteiger partial charge in [-0.25, -0.2) is 0 Å². The van der Waals surface area contributed by atoms with E-state index in [1.165, 1.54) is 0 Å². The van der Waals surface area contributed by atoms with Crippen molar-refractivity contribution in [2.24, 2.45) is 0 Å². The average Bonchev–Trinajstić information content (AvgIpc) is 2.22. The van der Waals surface area contributed by atoms with Crippen molar-refractivity contribution in [1.82, 2.24) is 5.32 Å². The summed E-state index contributed by atoms with van der Waals surface area (Å²) >= 11 is 13.5. The Kier molecular flexibility index (Phi) is 6.47. The highest BCUT2D eigenvalue weighted by Crippen LogP contribution is 2.23. The van der Waals surface area contributed by atoms with Crippen LogP contribution in [0.25, 0.3) is 0 Å². The standard InChI is InChI=1S/C11H14ClIN2OS/c1-7(6-16-2)14-11(17)15-10-4-3-8(13)5-9(10)12/h3-5,7H,6H2,1-2H3,(H2,14,15,17). The monoisotopic (exact) mass is 384 g/mol. The number of thiocarbonyl (C=S) groups is 1. The van der Waals surface area contributed by atoms with Crippen LogP contribution in [0.5, 0.6) is 0 Å². The van der Waals surface area contributed by atoms with Gasteiger partial charge in [-0.2, -0.15) is 0 Å². The van der Waals surface area contributed by atoms with Crippen LogP contribution in [0.1, 0.15) is 6.92 Å². The van der Waals surface area contributed by atoms with Crippen LogP contribution in [-0.2, 0) is 4.74 Å². The lowest BCUT2D eigenvalue weighted by atomic mass is 10.3. The Morgan fingerprint density at radius 2 is 2.29 bits per heavy atom. The fourth-order valence-electron chi connectivity index (χ4n) is 1.26. The van der Waals surface area contributed by atoms with Crippen molar-refractivity contribution in [3.8, 4) is 0 Å². The van der Waals surface area contributed by atoms with E-state index in [9.17, 15) is 0 Å². The Morgan fingerprint density at radius 3 is 2.88 bits per heavy atom. The molecule has 0 bridgehead atoms. The normalized spacial score (nSPS) is 12.0. The molecular formula is C11H14ClIN2OS. The predicted molar refractivity (Wildman–Crippen MR) is 84.9 cm³/mol. The van der Waals surface area contributed by atoms with E-state index in [0.717, 1.165) is 9.26 Å². The molecule has 3 nitrogen and oxygen atoms in total. The third kappa shape index (κ3) is 5.37. The summed E-state index contributed by atoms with van der Waals surface area (Å²) in [5.41, 5.74) is 0.800. The van der Waals surface area contributed by atoms with E-state index in [1.54, 1.807) is 7.11 Å². The van der Waals surface area contributed by atoms with Crippen molar-refractivity contribution < 1.29 is 4.74 Å². The number of benzene rings is 1. The first kappa shape index (κ1) is 14.9. The van der Waals surface area contributed by atoms with Crippen LogP contribution >= 0.6 is 46.4 Å². The molecule has 0 fully saturated rings. The molecule has 2 N–H and O–H groups in total. The summed E-state index contributed by atoms with van der Waals surface area (Å²) in [6, 6.07) is 5.91. The van der Waals surface area contributed by atoms with Gasteiger partial charge in [-0.3, -0.25) is 0 Å². The molecule has 0 radical (unpaired) electrons. The van der Waals surface area contributed by atoms with Crippen molar-refractivity contribution >= 4 is 57.2 Å². The van der Waals surface area contributed by atoms with Crippen molar-refractivity contribution in [2.45, 2.75) is 13.0 Å². The molecule has 17 heavy (non-hydrogen) atoms. The summed E-state index contributed by atoms with van der Waals surface area (Å²) in [4.78, 5) is 0. The highest BCUT2D eigenvalue weighted by Gasteiger charge is 2.06. The lowest BCUT2D eigenvalue weighted by Crippen LogP contribution is -2.38. The minimum Gasteiger partial charge on any atom is -0.383 e. The first-order chi connectivity index (χ1) is 8.02. The second kappa shape index (κ2) is 7.35. The summed E-state index contributed by atoms with van der Waals surface area (Å²) in [5.74, 6) is 0. The number of halogens is 2. The fraction of sp³-hybridized carbons (Fsp3) is 0.364. The molecule has 1 atom stereocenters. The number of nitrogens with one attached hydrogen (secondary N) is 2. The van der Waals surface area contributed by atoms with Gasteiger partial charge in [0.15, 0.2) is 5.11 Å². The number of anilines is 1. The van der Waals surface area contributed by atoms with E-state index >= 15 is 0 Å². The zero-order valence-corrected chi connectivity index (χ0v) is 13.3. The summed E-state index contributed by atoms with van der Waals surface area (Å²) in [6.45, 7) is 2.59. The van der Waals surface area contributed by atoms with Crippen LogP contribution in [0.15, 0.2) is 18.2 Å². The molecule has 0 aliphatic rings. The second-order valence-electron chi connectivity index (χ2n) is 3.58. The first-order valence-corrected chi connectivity index (χ1v) is 6.91. The van der Waals surface area contributed by atoms with Gasteiger partial charge in [0, 0.05) is 16.7 Å². The molecule has 0 aromatic heterocycles. The molecule has 94 valence electrons. The van der Waals surface area contributed by atoms with Crippen LogP contribution in [-0.4, -0.2) is 24.9 Å². The molecule has 1 aromatic carbocycles. The molecule has 1 aromatic rings. The molecule has 0 amide bonds. The smallest absolute Gasteiger partial charge is 0.171 e. The van der Waals surface area contributed by atoms with Gasteiger partial charge >= 0.3 is 0 Å². The Hall–Kier alpha value is -0.110. The molecule has 0 saturated heterocycles. The van der Waals surface area contributed by atoms with E-state index in [-0.39, 0.29) is 6.04 Å². The maximum atomic E-state index is 6.09. The summed E-state index contributed by atoms with van der Waals surface area (Å²) in [5, 5.41) is 7.35. The number of methoxy groups -OCH3 is 1. The number of rotatable bonds is 4. The van der Waals surface area contributed by atoms with Crippen molar-refractivity contribution in [1.29, 1.82) is 0 Å². The van der Waals surface area contributed by atoms with E-state index < -0.39 is 0 Å². The minimum absolute atomic E-state index is 0.155. The predicted octanol–water partition coefficient (Wildman–Crippen LogP) is 3.27. The Labute approximate surface area is 125 Å². The molecule has 1 rings (SSSR count). The van der Waals surface area contributed by atoms with Crippen LogP contribution < -0.4 is 10.6 Å². The fourth-order valence-corrected chi connectivity index (χ4v) is 2.48. The maximum Gasteiger partial charge on any atom is 0.171 e. The molecule has 0 aliphatic heterocycles. The van der Waals surface area contributed by atoms with Gasteiger partial charge in [0.1, 0.15) is 0 Å². The van der Waals surface area contributed by atoms with Gasteiger partial charge in [-0.05, 0) is 59.9 Å².